The predicted octanol–water partition coefficient (Wildman–Crippen LogP) is 4.10. The summed E-state index contributed by atoms with van der Waals surface area (Å²) in [6.45, 7) is 2.68. The standard InChI is InChI=1S/C25H22N2O4/c1-2-31-20-10-8-18(9-11-20)22-21(23(28)19-12-14-26-15-13-19)24(29)25(30)27(22)16-17-6-4-3-5-7-17/h3-15,22,28H,2,16H2,1H3/b23-21+. The van der Waals surface area contributed by atoms with Gasteiger partial charge in [-0.05, 0) is 42.3 Å². The van der Waals surface area contributed by atoms with Crippen molar-refractivity contribution in [3.8, 4) is 5.75 Å². The first-order valence-corrected chi connectivity index (χ1v) is 10.1. The van der Waals surface area contributed by atoms with Gasteiger partial charge in [-0.2, -0.15) is 0 Å². The van der Waals surface area contributed by atoms with E-state index in [9.17, 15) is 14.7 Å². The fourth-order valence-corrected chi connectivity index (χ4v) is 3.75. The average molecular weight is 414 g/mol. The second kappa shape index (κ2) is 8.83. The summed E-state index contributed by atoms with van der Waals surface area (Å²) in [5.74, 6) is -0.863. The van der Waals surface area contributed by atoms with E-state index in [1.165, 1.54) is 17.3 Å². The van der Waals surface area contributed by atoms with Crippen LogP contribution >= 0.6 is 0 Å². The first kappa shape index (κ1) is 20.3. The molecular weight excluding hydrogens is 392 g/mol. The lowest BCUT2D eigenvalue weighted by atomic mass is 9.95. The molecule has 0 bridgehead atoms. The molecule has 1 saturated heterocycles. The van der Waals surface area contributed by atoms with Gasteiger partial charge in [-0.25, -0.2) is 0 Å². The third kappa shape index (κ3) is 4.05. The number of ketones is 1. The number of hydrogen-bond donors (Lipinski definition) is 1. The first-order chi connectivity index (χ1) is 15.1. The zero-order valence-corrected chi connectivity index (χ0v) is 17.1. The highest BCUT2D eigenvalue weighted by Gasteiger charge is 2.46. The third-order valence-electron chi connectivity index (χ3n) is 5.20. The number of pyridine rings is 1. The smallest absolute Gasteiger partial charge is 0.295 e. The summed E-state index contributed by atoms with van der Waals surface area (Å²) in [4.78, 5) is 31.5. The maximum atomic E-state index is 13.0. The van der Waals surface area contributed by atoms with Crippen molar-refractivity contribution in [1.29, 1.82) is 0 Å². The van der Waals surface area contributed by atoms with Gasteiger partial charge in [0, 0.05) is 24.5 Å². The van der Waals surface area contributed by atoms with Crippen molar-refractivity contribution in [3.63, 3.8) is 0 Å². The maximum Gasteiger partial charge on any atom is 0.295 e. The Balaban J connectivity index is 1.82. The van der Waals surface area contributed by atoms with Gasteiger partial charge in [0.05, 0.1) is 18.2 Å². The van der Waals surface area contributed by atoms with E-state index in [1.54, 1.807) is 24.3 Å². The Labute approximate surface area is 180 Å². The van der Waals surface area contributed by atoms with Gasteiger partial charge in [0.25, 0.3) is 11.7 Å². The number of aromatic nitrogens is 1. The molecule has 0 saturated carbocycles. The zero-order chi connectivity index (χ0) is 21.8. The van der Waals surface area contributed by atoms with Gasteiger partial charge in [-0.3, -0.25) is 14.6 Å². The molecule has 31 heavy (non-hydrogen) atoms. The number of aliphatic hydroxyl groups is 1. The van der Waals surface area contributed by atoms with Crippen molar-refractivity contribution in [2.75, 3.05) is 6.61 Å². The normalized spacial score (nSPS) is 17.7. The van der Waals surface area contributed by atoms with Crippen molar-refractivity contribution in [3.05, 3.63) is 101 Å². The number of amides is 1. The summed E-state index contributed by atoms with van der Waals surface area (Å²) in [7, 11) is 0. The minimum absolute atomic E-state index is 0.0660. The number of carbonyl (C=O) groups excluding carboxylic acids is 2. The van der Waals surface area contributed by atoms with E-state index in [1.807, 2.05) is 49.4 Å². The van der Waals surface area contributed by atoms with Crippen LogP contribution in [-0.2, 0) is 16.1 Å². The molecule has 1 atom stereocenters. The van der Waals surface area contributed by atoms with Crippen molar-refractivity contribution < 1.29 is 19.4 Å². The highest BCUT2D eigenvalue weighted by atomic mass is 16.5. The molecule has 0 aliphatic carbocycles. The number of carbonyl (C=O) groups is 2. The van der Waals surface area contributed by atoms with Crippen LogP contribution in [0.3, 0.4) is 0 Å². The summed E-state index contributed by atoms with van der Waals surface area (Å²) in [5.41, 5.74) is 2.11. The molecule has 1 aromatic heterocycles. The number of likely N-dealkylation sites (tertiary alicyclic amines) is 1. The Morgan fingerprint density at radius 2 is 1.68 bits per heavy atom. The van der Waals surface area contributed by atoms with Crippen molar-refractivity contribution in [1.82, 2.24) is 9.88 Å². The van der Waals surface area contributed by atoms with Crippen LogP contribution in [0.1, 0.15) is 29.7 Å². The van der Waals surface area contributed by atoms with Crippen LogP contribution in [0.2, 0.25) is 0 Å². The minimum atomic E-state index is -0.718. The minimum Gasteiger partial charge on any atom is -0.507 e. The molecule has 1 unspecified atom stereocenters. The quantitative estimate of drug-likeness (QED) is 0.373. The van der Waals surface area contributed by atoms with E-state index in [0.29, 0.717) is 23.5 Å². The van der Waals surface area contributed by atoms with Gasteiger partial charge in [-0.1, -0.05) is 42.5 Å². The van der Waals surface area contributed by atoms with E-state index in [2.05, 4.69) is 4.98 Å². The highest BCUT2D eigenvalue weighted by Crippen LogP contribution is 2.40. The molecule has 6 nitrogen and oxygen atoms in total. The van der Waals surface area contributed by atoms with Crippen LogP contribution in [0.25, 0.3) is 5.76 Å². The molecule has 6 heteroatoms. The fraction of sp³-hybridized carbons (Fsp3) is 0.160. The number of benzene rings is 2. The third-order valence-corrected chi connectivity index (χ3v) is 5.20. The van der Waals surface area contributed by atoms with Crippen molar-refractivity contribution in [2.45, 2.75) is 19.5 Å². The van der Waals surface area contributed by atoms with Gasteiger partial charge in [-0.15, -0.1) is 0 Å². The molecule has 4 rings (SSSR count). The molecule has 2 aromatic carbocycles. The monoisotopic (exact) mass is 414 g/mol. The van der Waals surface area contributed by atoms with Crippen LogP contribution in [0.15, 0.2) is 84.7 Å². The molecule has 0 radical (unpaired) electrons. The van der Waals surface area contributed by atoms with Crippen LogP contribution in [0.4, 0.5) is 0 Å². The Kier molecular flexibility index (Phi) is 5.80. The summed E-state index contributed by atoms with van der Waals surface area (Å²) in [5, 5.41) is 11.0. The molecule has 1 N–H and O–H groups in total. The molecule has 1 aliphatic heterocycles. The van der Waals surface area contributed by atoms with E-state index in [0.717, 1.165) is 5.56 Å². The number of Topliss-reactive ketones (excluding diaryl/α,β-unsaturated/α-hetero) is 1. The number of nitrogens with zero attached hydrogens (tertiary/aromatic N) is 2. The van der Waals surface area contributed by atoms with Gasteiger partial charge in [0.1, 0.15) is 11.5 Å². The number of ether oxygens (including phenoxy) is 1. The van der Waals surface area contributed by atoms with Gasteiger partial charge < -0.3 is 14.7 Å². The lowest BCUT2D eigenvalue weighted by Crippen LogP contribution is -2.29. The molecule has 2 heterocycles. The van der Waals surface area contributed by atoms with Gasteiger partial charge in [0.2, 0.25) is 0 Å². The SMILES string of the molecule is CCOc1ccc(C2/C(=C(\O)c3ccncc3)C(=O)C(=O)N2Cc2ccccc2)cc1. The van der Waals surface area contributed by atoms with E-state index < -0.39 is 17.7 Å². The number of hydrogen-bond acceptors (Lipinski definition) is 5. The first-order valence-electron chi connectivity index (χ1n) is 10.1. The van der Waals surface area contributed by atoms with E-state index in [-0.39, 0.29) is 17.9 Å². The Hall–Kier alpha value is -3.93. The predicted molar refractivity (Wildman–Crippen MR) is 116 cm³/mol. The number of rotatable bonds is 6. The average Bonchev–Trinajstić information content (AvgIpc) is 3.05. The van der Waals surface area contributed by atoms with Crippen LogP contribution < -0.4 is 4.74 Å². The molecule has 156 valence electrons. The Bertz CT molecular complexity index is 1110. The summed E-state index contributed by atoms with van der Waals surface area (Å²) in [6.07, 6.45) is 3.06. The van der Waals surface area contributed by atoms with Crippen LogP contribution in [0.5, 0.6) is 5.75 Å². The lowest BCUT2D eigenvalue weighted by molar-refractivity contribution is -0.140. The van der Waals surface area contributed by atoms with E-state index >= 15 is 0 Å². The lowest BCUT2D eigenvalue weighted by Gasteiger charge is -2.25. The fourth-order valence-electron chi connectivity index (χ4n) is 3.75. The maximum absolute atomic E-state index is 13.0. The van der Waals surface area contributed by atoms with Crippen molar-refractivity contribution >= 4 is 17.4 Å². The molecule has 3 aromatic rings. The highest BCUT2D eigenvalue weighted by molar-refractivity contribution is 6.46. The Morgan fingerprint density at radius 1 is 1.00 bits per heavy atom. The molecule has 0 spiro atoms. The molecular formula is C25H22N2O4. The molecule has 1 aliphatic rings. The molecule has 1 fully saturated rings. The largest absolute Gasteiger partial charge is 0.507 e. The second-order valence-electron chi connectivity index (χ2n) is 7.15. The number of aliphatic hydroxyl groups excluding tert-OH is 1. The van der Waals surface area contributed by atoms with Crippen LogP contribution in [-0.4, -0.2) is 33.3 Å². The molecule has 1 amide bonds. The van der Waals surface area contributed by atoms with Crippen LogP contribution in [0, 0.1) is 0 Å². The van der Waals surface area contributed by atoms with E-state index in [4.69, 9.17) is 4.74 Å². The van der Waals surface area contributed by atoms with Gasteiger partial charge in [0.15, 0.2) is 0 Å². The Morgan fingerprint density at radius 3 is 2.32 bits per heavy atom. The zero-order valence-electron chi connectivity index (χ0n) is 17.1. The summed E-state index contributed by atoms with van der Waals surface area (Å²) < 4.78 is 5.52. The topological polar surface area (TPSA) is 79.7 Å². The van der Waals surface area contributed by atoms with Crippen molar-refractivity contribution in [2.24, 2.45) is 0 Å². The second-order valence-corrected chi connectivity index (χ2v) is 7.15. The van der Waals surface area contributed by atoms with Gasteiger partial charge >= 0.3 is 0 Å². The summed E-state index contributed by atoms with van der Waals surface area (Å²) in [6, 6.07) is 19.2. The summed E-state index contributed by atoms with van der Waals surface area (Å²) >= 11 is 0.